The van der Waals surface area contributed by atoms with Crippen molar-refractivity contribution in [2.24, 2.45) is 5.41 Å². The monoisotopic (exact) mass is 383 g/mol. The molecule has 4 rings (SSSR count). The van der Waals surface area contributed by atoms with Crippen molar-refractivity contribution in [1.29, 1.82) is 0 Å². The maximum atomic E-state index is 13.5. The molecule has 0 spiro atoms. The first kappa shape index (κ1) is 19.4. The second-order valence-electron chi connectivity index (χ2n) is 8.85. The van der Waals surface area contributed by atoms with Gasteiger partial charge in [0.2, 0.25) is 11.8 Å². The summed E-state index contributed by atoms with van der Waals surface area (Å²) in [5, 5.41) is 3.26. The Hall–Kier alpha value is -1.88. The normalized spacial score (nSPS) is 29.8. The van der Waals surface area contributed by atoms with Gasteiger partial charge in [0, 0.05) is 32.1 Å². The number of hydrogen-bond donors (Lipinski definition) is 1. The molecule has 0 aliphatic carbocycles. The first-order chi connectivity index (χ1) is 13.6. The number of hydrogen-bond acceptors (Lipinski definition) is 3. The summed E-state index contributed by atoms with van der Waals surface area (Å²) >= 11 is 0. The number of rotatable bonds is 6. The fourth-order valence-corrected chi connectivity index (χ4v) is 5.82. The lowest BCUT2D eigenvalue weighted by atomic mass is 9.69. The van der Waals surface area contributed by atoms with E-state index in [2.05, 4.69) is 22.3 Å². The first-order valence-electron chi connectivity index (χ1n) is 10.9. The molecule has 0 unspecified atom stereocenters. The fourth-order valence-electron chi connectivity index (χ4n) is 5.82. The van der Waals surface area contributed by atoms with Gasteiger partial charge in [-0.25, -0.2) is 0 Å². The van der Waals surface area contributed by atoms with Gasteiger partial charge in [0.25, 0.3) is 0 Å². The highest BCUT2D eigenvalue weighted by Crippen LogP contribution is 2.51. The SMILES string of the molecule is CC(=O)N1[C@H]2CC[C@@H]1[C@](Cc1ccccc1)(C(=O)NCCN1CCCCC1)C2. The van der Waals surface area contributed by atoms with E-state index in [0.29, 0.717) is 13.0 Å². The van der Waals surface area contributed by atoms with E-state index in [-0.39, 0.29) is 23.9 Å². The van der Waals surface area contributed by atoms with Crippen molar-refractivity contribution in [2.75, 3.05) is 26.2 Å². The van der Waals surface area contributed by atoms with Crippen LogP contribution >= 0.6 is 0 Å². The van der Waals surface area contributed by atoms with Crippen molar-refractivity contribution in [3.63, 3.8) is 0 Å². The molecule has 3 saturated heterocycles. The van der Waals surface area contributed by atoms with Crippen molar-refractivity contribution in [1.82, 2.24) is 15.1 Å². The Kier molecular flexibility index (Phi) is 5.72. The van der Waals surface area contributed by atoms with Crippen LogP contribution in [0.4, 0.5) is 0 Å². The fraction of sp³-hybridized carbons (Fsp3) is 0.652. The van der Waals surface area contributed by atoms with Crippen molar-refractivity contribution in [2.45, 2.75) is 64.0 Å². The van der Waals surface area contributed by atoms with Gasteiger partial charge in [-0.1, -0.05) is 36.8 Å². The molecule has 152 valence electrons. The van der Waals surface area contributed by atoms with E-state index in [4.69, 9.17) is 0 Å². The van der Waals surface area contributed by atoms with Crippen LogP contribution in [0, 0.1) is 5.41 Å². The molecule has 28 heavy (non-hydrogen) atoms. The number of piperidine rings is 1. The lowest BCUT2D eigenvalue weighted by Crippen LogP contribution is -2.52. The van der Waals surface area contributed by atoms with Crippen LogP contribution in [0.5, 0.6) is 0 Å². The summed E-state index contributed by atoms with van der Waals surface area (Å²) in [6.45, 7) is 5.57. The molecule has 1 N–H and O–H groups in total. The molecule has 2 amide bonds. The molecular weight excluding hydrogens is 350 g/mol. The van der Waals surface area contributed by atoms with Crippen LogP contribution in [0.3, 0.4) is 0 Å². The zero-order chi connectivity index (χ0) is 19.6. The van der Waals surface area contributed by atoms with Gasteiger partial charge in [0.1, 0.15) is 0 Å². The number of likely N-dealkylation sites (tertiary alicyclic amines) is 1. The first-order valence-corrected chi connectivity index (χ1v) is 10.9. The van der Waals surface area contributed by atoms with Gasteiger partial charge < -0.3 is 15.1 Å². The maximum Gasteiger partial charge on any atom is 0.228 e. The smallest absolute Gasteiger partial charge is 0.228 e. The van der Waals surface area contributed by atoms with Crippen molar-refractivity contribution in [3.05, 3.63) is 35.9 Å². The van der Waals surface area contributed by atoms with E-state index in [0.717, 1.165) is 38.9 Å². The number of carbonyl (C=O) groups excluding carboxylic acids is 2. The lowest BCUT2D eigenvalue weighted by molar-refractivity contribution is -0.135. The molecule has 5 heteroatoms. The Morgan fingerprint density at radius 3 is 2.54 bits per heavy atom. The van der Waals surface area contributed by atoms with Crippen LogP contribution in [0.2, 0.25) is 0 Å². The molecule has 0 radical (unpaired) electrons. The molecular formula is C23H33N3O2. The third-order valence-corrected chi connectivity index (χ3v) is 7.08. The van der Waals surface area contributed by atoms with E-state index >= 15 is 0 Å². The summed E-state index contributed by atoms with van der Waals surface area (Å²) in [7, 11) is 0. The number of benzene rings is 1. The van der Waals surface area contributed by atoms with Crippen molar-refractivity contribution in [3.8, 4) is 0 Å². The van der Waals surface area contributed by atoms with E-state index in [1.807, 2.05) is 23.1 Å². The maximum absolute atomic E-state index is 13.5. The van der Waals surface area contributed by atoms with Gasteiger partial charge in [-0.3, -0.25) is 9.59 Å². The van der Waals surface area contributed by atoms with Gasteiger partial charge in [-0.2, -0.15) is 0 Å². The summed E-state index contributed by atoms with van der Waals surface area (Å²) < 4.78 is 0. The average Bonchev–Trinajstić information content (AvgIpc) is 3.26. The summed E-state index contributed by atoms with van der Waals surface area (Å²) in [6, 6.07) is 10.5. The van der Waals surface area contributed by atoms with Gasteiger partial charge in [-0.05, 0) is 57.2 Å². The Morgan fingerprint density at radius 2 is 1.86 bits per heavy atom. The van der Waals surface area contributed by atoms with Gasteiger partial charge in [0.05, 0.1) is 5.41 Å². The molecule has 3 aliphatic rings. The second-order valence-corrected chi connectivity index (χ2v) is 8.85. The summed E-state index contributed by atoms with van der Waals surface area (Å²) in [5.41, 5.74) is 0.697. The van der Waals surface area contributed by atoms with E-state index in [1.54, 1.807) is 6.92 Å². The van der Waals surface area contributed by atoms with Crippen molar-refractivity contribution < 1.29 is 9.59 Å². The summed E-state index contributed by atoms with van der Waals surface area (Å²) in [4.78, 5) is 30.2. The minimum Gasteiger partial charge on any atom is -0.354 e. The predicted octanol–water partition coefficient (Wildman–Crippen LogP) is 2.60. The Balaban J connectivity index is 1.48. The molecule has 1 aromatic carbocycles. The highest BCUT2D eigenvalue weighted by atomic mass is 16.2. The van der Waals surface area contributed by atoms with Crippen LogP contribution in [-0.4, -0.2) is 59.9 Å². The molecule has 3 heterocycles. The van der Waals surface area contributed by atoms with Crippen LogP contribution < -0.4 is 5.32 Å². The molecule has 3 atom stereocenters. The highest BCUT2D eigenvalue weighted by Gasteiger charge is 2.60. The van der Waals surface area contributed by atoms with Gasteiger partial charge >= 0.3 is 0 Å². The van der Waals surface area contributed by atoms with E-state index in [1.165, 1.54) is 24.8 Å². The molecule has 0 saturated carbocycles. The number of nitrogens with one attached hydrogen (secondary N) is 1. The molecule has 2 bridgehead atoms. The molecule has 3 aliphatic heterocycles. The lowest BCUT2D eigenvalue weighted by Gasteiger charge is -2.36. The number of amides is 2. The number of nitrogens with zero attached hydrogens (tertiary/aromatic N) is 2. The summed E-state index contributed by atoms with van der Waals surface area (Å²) in [6.07, 6.45) is 7.34. The molecule has 0 aromatic heterocycles. The van der Waals surface area contributed by atoms with E-state index < -0.39 is 5.41 Å². The minimum absolute atomic E-state index is 0.0326. The Labute approximate surface area is 168 Å². The molecule has 3 fully saturated rings. The van der Waals surface area contributed by atoms with Crippen LogP contribution in [0.15, 0.2) is 30.3 Å². The Morgan fingerprint density at radius 1 is 1.11 bits per heavy atom. The quantitative estimate of drug-likeness (QED) is 0.822. The minimum atomic E-state index is -0.488. The highest BCUT2D eigenvalue weighted by molar-refractivity contribution is 5.87. The second kappa shape index (κ2) is 8.24. The van der Waals surface area contributed by atoms with Crippen LogP contribution in [0.25, 0.3) is 0 Å². The van der Waals surface area contributed by atoms with Crippen LogP contribution in [0.1, 0.15) is 51.0 Å². The zero-order valence-corrected chi connectivity index (χ0v) is 17.0. The Bertz CT molecular complexity index is 701. The average molecular weight is 384 g/mol. The number of carbonyl (C=O) groups is 2. The summed E-state index contributed by atoms with van der Waals surface area (Å²) in [5.74, 6) is 0.260. The molecule has 5 nitrogen and oxygen atoms in total. The largest absolute Gasteiger partial charge is 0.354 e. The predicted molar refractivity (Wildman–Crippen MR) is 110 cm³/mol. The third-order valence-electron chi connectivity index (χ3n) is 7.08. The topological polar surface area (TPSA) is 52.7 Å². The third kappa shape index (κ3) is 3.69. The van der Waals surface area contributed by atoms with Crippen molar-refractivity contribution >= 4 is 11.8 Å². The standard InChI is InChI=1S/C23H33N3O2/c1-18(27)26-20-10-11-21(26)23(17-20,16-19-8-4-2-5-9-19)22(28)24-12-15-25-13-6-3-7-14-25/h2,4-5,8-9,20-21H,3,6-7,10-17H2,1H3,(H,24,28)/t20-,21+,23+/m0/s1. The van der Waals surface area contributed by atoms with E-state index in [9.17, 15) is 9.59 Å². The number of fused-ring (bicyclic) bond motifs is 2. The van der Waals surface area contributed by atoms with Crippen LogP contribution in [-0.2, 0) is 16.0 Å². The van der Waals surface area contributed by atoms with Gasteiger partial charge in [-0.15, -0.1) is 0 Å². The van der Waals surface area contributed by atoms with Gasteiger partial charge in [0.15, 0.2) is 0 Å². The zero-order valence-electron chi connectivity index (χ0n) is 17.0. The molecule has 1 aromatic rings.